The summed E-state index contributed by atoms with van der Waals surface area (Å²) in [4.78, 5) is 24.7. The van der Waals surface area contributed by atoms with Crippen molar-refractivity contribution in [3.8, 4) is 23.0 Å². The van der Waals surface area contributed by atoms with Gasteiger partial charge in [0, 0.05) is 44.7 Å². The van der Waals surface area contributed by atoms with Crippen LogP contribution in [0.25, 0.3) is 23.0 Å². The molecule has 0 aliphatic carbocycles. The van der Waals surface area contributed by atoms with E-state index in [0.29, 0.717) is 50.0 Å². The van der Waals surface area contributed by atoms with Gasteiger partial charge in [-0.25, -0.2) is 9.97 Å². The molecule has 0 unspecified atom stereocenters. The quantitative estimate of drug-likeness (QED) is 0.608. The fraction of sp³-hybridized carbons (Fsp3) is 0.381. The predicted molar refractivity (Wildman–Crippen MR) is 117 cm³/mol. The van der Waals surface area contributed by atoms with Gasteiger partial charge in [-0.1, -0.05) is 19.1 Å². The molecule has 3 aromatic rings. The Morgan fingerprint density at radius 1 is 1.13 bits per heavy atom. The molecule has 1 aliphatic rings. The zero-order chi connectivity index (χ0) is 21.8. The number of nitrogens with zero attached hydrogens (tertiary/aromatic N) is 6. The fourth-order valence-corrected chi connectivity index (χ4v) is 3.51. The Kier molecular flexibility index (Phi) is 6.08. The van der Waals surface area contributed by atoms with Crippen LogP contribution in [0.2, 0.25) is 0 Å². The van der Waals surface area contributed by atoms with E-state index in [2.05, 4.69) is 30.4 Å². The van der Waals surface area contributed by atoms with Crippen LogP contribution < -0.4 is 16.0 Å². The predicted octanol–water partition coefficient (Wildman–Crippen LogP) is 1.55. The third kappa shape index (κ3) is 4.48. The normalized spacial score (nSPS) is 14.1. The van der Waals surface area contributed by atoms with Crippen molar-refractivity contribution in [2.75, 3.05) is 43.9 Å². The summed E-state index contributed by atoms with van der Waals surface area (Å²) in [5, 5.41) is 11.4. The van der Waals surface area contributed by atoms with Crippen LogP contribution in [0.3, 0.4) is 0 Å². The van der Waals surface area contributed by atoms with E-state index in [1.54, 1.807) is 6.20 Å². The average Bonchev–Trinajstić information content (AvgIpc) is 3.30. The summed E-state index contributed by atoms with van der Waals surface area (Å²) in [5.74, 6) is 1.68. The van der Waals surface area contributed by atoms with Gasteiger partial charge in [0.1, 0.15) is 5.82 Å². The van der Waals surface area contributed by atoms with E-state index < -0.39 is 0 Å². The van der Waals surface area contributed by atoms with Gasteiger partial charge in [-0.3, -0.25) is 4.79 Å². The second-order valence-electron chi connectivity index (χ2n) is 7.32. The second kappa shape index (κ2) is 9.09. The van der Waals surface area contributed by atoms with E-state index in [1.165, 1.54) is 0 Å². The van der Waals surface area contributed by atoms with Crippen molar-refractivity contribution in [3.05, 3.63) is 36.0 Å². The van der Waals surface area contributed by atoms with E-state index >= 15 is 0 Å². The first-order chi connectivity index (χ1) is 15.1. The molecule has 1 aliphatic heterocycles. The first kappa shape index (κ1) is 20.7. The van der Waals surface area contributed by atoms with Crippen molar-refractivity contribution in [1.29, 1.82) is 0 Å². The van der Waals surface area contributed by atoms with Crippen LogP contribution in [0.15, 0.2) is 34.9 Å². The highest BCUT2D eigenvalue weighted by atomic mass is 16.4. The van der Waals surface area contributed by atoms with Crippen molar-refractivity contribution in [2.24, 2.45) is 0 Å². The molecule has 4 rings (SSSR count). The molecule has 1 amide bonds. The molecule has 1 saturated heterocycles. The van der Waals surface area contributed by atoms with Gasteiger partial charge < -0.3 is 25.3 Å². The van der Waals surface area contributed by atoms with Crippen molar-refractivity contribution < 1.29 is 9.21 Å². The number of rotatable bonds is 6. The van der Waals surface area contributed by atoms with Crippen LogP contribution in [-0.2, 0) is 11.3 Å². The molecule has 10 heteroatoms. The Balaban J connectivity index is 1.52. The molecule has 1 fully saturated rings. The summed E-state index contributed by atoms with van der Waals surface area (Å²) in [6, 6.07) is 7.89. The number of benzene rings is 1. The molecule has 3 N–H and O–H groups in total. The highest BCUT2D eigenvalue weighted by Gasteiger charge is 2.23. The van der Waals surface area contributed by atoms with Crippen molar-refractivity contribution in [2.45, 2.75) is 19.9 Å². The lowest BCUT2D eigenvalue weighted by molar-refractivity contribution is -0.131. The molecule has 0 spiro atoms. The first-order valence-electron chi connectivity index (χ1n) is 10.3. The number of piperazine rings is 1. The van der Waals surface area contributed by atoms with Gasteiger partial charge in [-0.2, -0.15) is 0 Å². The van der Waals surface area contributed by atoms with Gasteiger partial charge in [-0.05, 0) is 24.7 Å². The summed E-state index contributed by atoms with van der Waals surface area (Å²) in [6.45, 7) is 5.33. The number of aromatic nitrogens is 4. The Hall–Kier alpha value is -3.53. The van der Waals surface area contributed by atoms with Crippen LogP contribution in [-0.4, -0.2) is 64.2 Å². The van der Waals surface area contributed by atoms with E-state index in [1.807, 2.05) is 43.1 Å². The Morgan fingerprint density at radius 3 is 2.52 bits per heavy atom. The van der Waals surface area contributed by atoms with Crippen molar-refractivity contribution in [1.82, 2.24) is 30.4 Å². The summed E-state index contributed by atoms with van der Waals surface area (Å²) in [5.41, 5.74) is 8.39. The molecule has 31 heavy (non-hydrogen) atoms. The van der Waals surface area contributed by atoms with Gasteiger partial charge in [0.05, 0.1) is 6.20 Å². The minimum Gasteiger partial charge on any atom is -0.414 e. The molecule has 162 valence electrons. The molecule has 0 bridgehead atoms. The lowest BCUT2D eigenvalue weighted by atomic mass is 10.1. The topological polar surface area (TPSA) is 126 Å². The minimum absolute atomic E-state index is 0.168. The van der Waals surface area contributed by atoms with E-state index in [9.17, 15) is 4.79 Å². The summed E-state index contributed by atoms with van der Waals surface area (Å²) >= 11 is 0. The minimum atomic E-state index is 0.168. The van der Waals surface area contributed by atoms with Crippen LogP contribution in [0.5, 0.6) is 0 Å². The van der Waals surface area contributed by atoms with Gasteiger partial charge in [0.15, 0.2) is 11.5 Å². The number of amides is 1. The molecular weight excluding hydrogens is 396 g/mol. The van der Waals surface area contributed by atoms with Crippen LogP contribution in [0.1, 0.15) is 18.9 Å². The number of nitrogens with one attached hydrogen (secondary N) is 1. The number of carbonyl (C=O) groups is 1. The summed E-state index contributed by atoms with van der Waals surface area (Å²) in [7, 11) is 1.91. The maximum absolute atomic E-state index is 11.9. The molecule has 0 saturated carbocycles. The van der Waals surface area contributed by atoms with E-state index in [0.717, 1.165) is 17.7 Å². The molecule has 2 aromatic heterocycles. The standard InChI is InChI=1S/C21H26N8O2/c1-3-17(30)29-10-8-28(9-11-29)16-13-24-19(22)18(25-16)21-27-26-20(31-21)15-6-4-14(5-7-15)12-23-2/h4-7,13,23H,3,8-12H2,1-2H3,(H2,22,24). The molecule has 10 nitrogen and oxygen atoms in total. The second-order valence-corrected chi connectivity index (χ2v) is 7.32. The Bertz CT molecular complexity index is 1040. The van der Waals surface area contributed by atoms with Crippen LogP contribution >= 0.6 is 0 Å². The number of nitrogens with two attached hydrogens (primary N) is 1. The largest absolute Gasteiger partial charge is 0.414 e. The highest BCUT2D eigenvalue weighted by molar-refractivity contribution is 5.76. The zero-order valence-electron chi connectivity index (χ0n) is 17.7. The first-order valence-corrected chi connectivity index (χ1v) is 10.3. The number of hydrogen-bond donors (Lipinski definition) is 2. The SMILES string of the molecule is CCC(=O)N1CCN(c2cnc(N)c(-c3nnc(-c4ccc(CNC)cc4)o3)n2)CC1. The molecular formula is C21H26N8O2. The maximum atomic E-state index is 11.9. The average molecular weight is 422 g/mol. The number of anilines is 2. The number of hydrogen-bond acceptors (Lipinski definition) is 9. The smallest absolute Gasteiger partial charge is 0.270 e. The van der Waals surface area contributed by atoms with Gasteiger partial charge in [-0.15, -0.1) is 10.2 Å². The lowest BCUT2D eigenvalue weighted by Crippen LogP contribution is -2.48. The molecule has 1 aromatic carbocycles. The monoisotopic (exact) mass is 422 g/mol. The Morgan fingerprint density at radius 2 is 1.84 bits per heavy atom. The lowest BCUT2D eigenvalue weighted by Gasteiger charge is -2.35. The molecule has 0 radical (unpaired) electrons. The zero-order valence-corrected chi connectivity index (χ0v) is 17.7. The summed E-state index contributed by atoms with van der Waals surface area (Å²) < 4.78 is 5.85. The van der Waals surface area contributed by atoms with Crippen molar-refractivity contribution >= 4 is 17.5 Å². The van der Waals surface area contributed by atoms with Crippen LogP contribution in [0.4, 0.5) is 11.6 Å². The third-order valence-electron chi connectivity index (χ3n) is 5.26. The molecule has 3 heterocycles. The van der Waals surface area contributed by atoms with Crippen LogP contribution in [0, 0.1) is 0 Å². The van der Waals surface area contributed by atoms with Crippen molar-refractivity contribution in [3.63, 3.8) is 0 Å². The summed E-state index contributed by atoms with van der Waals surface area (Å²) in [6.07, 6.45) is 2.15. The molecule has 0 atom stereocenters. The number of nitrogen functional groups attached to an aromatic ring is 1. The van der Waals surface area contributed by atoms with E-state index in [-0.39, 0.29) is 17.6 Å². The third-order valence-corrected chi connectivity index (χ3v) is 5.26. The number of carbonyl (C=O) groups excluding carboxylic acids is 1. The highest BCUT2D eigenvalue weighted by Crippen LogP contribution is 2.27. The van der Waals surface area contributed by atoms with Gasteiger partial charge >= 0.3 is 0 Å². The van der Waals surface area contributed by atoms with Gasteiger partial charge in [0.2, 0.25) is 11.8 Å². The van der Waals surface area contributed by atoms with E-state index in [4.69, 9.17) is 10.2 Å². The maximum Gasteiger partial charge on any atom is 0.270 e. The fourth-order valence-electron chi connectivity index (χ4n) is 3.51. The van der Waals surface area contributed by atoms with Gasteiger partial charge in [0.25, 0.3) is 5.89 Å². The Labute approximate surface area is 180 Å².